The molecule has 0 aliphatic carbocycles. The molecule has 3 aromatic rings. The summed E-state index contributed by atoms with van der Waals surface area (Å²) in [5, 5.41) is 20.7. The number of hydrogen-bond acceptors (Lipinski definition) is 5. The number of rotatable bonds is 4. The van der Waals surface area contributed by atoms with Gasteiger partial charge in [-0.2, -0.15) is 0 Å². The van der Waals surface area contributed by atoms with Crippen LogP contribution in [0.25, 0.3) is 11.0 Å². The number of phenolic OH excluding ortho intramolecular Hbond substituents is 1. The minimum Gasteiger partial charge on any atom is -0.507 e. The molecule has 0 aliphatic heterocycles. The van der Waals surface area contributed by atoms with Crippen molar-refractivity contribution in [1.29, 1.82) is 0 Å². The first-order chi connectivity index (χ1) is 11.5. The van der Waals surface area contributed by atoms with Gasteiger partial charge in [0.1, 0.15) is 11.5 Å². The molecule has 0 saturated carbocycles. The molecule has 0 spiro atoms. The minimum absolute atomic E-state index is 0.0227. The first kappa shape index (κ1) is 15.8. The maximum Gasteiger partial charge on any atom is 0.343 e. The number of Topliss-reactive ketones (excluding diaryl/α,β-unsaturated/α-hetero) is 1. The van der Waals surface area contributed by atoms with E-state index in [9.17, 15) is 19.8 Å². The SMILES string of the molecule is CC(=O)CC(c1ccccc1)c1c(O)c2cccc(O)c2oc1=O. The molecule has 2 N–H and O–H groups in total. The zero-order valence-electron chi connectivity index (χ0n) is 13.0. The summed E-state index contributed by atoms with van der Waals surface area (Å²) in [6, 6.07) is 13.5. The molecule has 2 aromatic carbocycles. The second-order valence-electron chi connectivity index (χ2n) is 5.68. The largest absolute Gasteiger partial charge is 0.507 e. The number of phenols is 1. The number of hydrogen-bond donors (Lipinski definition) is 2. The molecule has 0 amide bonds. The van der Waals surface area contributed by atoms with E-state index in [1.807, 2.05) is 6.07 Å². The Bertz CT molecular complexity index is 957. The van der Waals surface area contributed by atoms with Crippen molar-refractivity contribution >= 4 is 16.8 Å². The van der Waals surface area contributed by atoms with Gasteiger partial charge in [-0.05, 0) is 24.6 Å². The molecule has 24 heavy (non-hydrogen) atoms. The first-order valence-corrected chi connectivity index (χ1v) is 7.51. The van der Waals surface area contributed by atoms with Crippen molar-refractivity contribution in [3.05, 3.63) is 70.1 Å². The fourth-order valence-electron chi connectivity index (χ4n) is 2.87. The van der Waals surface area contributed by atoms with Gasteiger partial charge >= 0.3 is 5.63 Å². The third-order valence-corrected chi connectivity index (χ3v) is 3.96. The third-order valence-electron chi connectivity index (χ3n) is 3.96. The minimum atomic E-state index is -0.767. The van der Waals surface area contributed by atoms with E-state index in [1.165, 1.54) is 13.0 Å². The summed E-state index contributed by atoms with van der Waals surface area (Å²) in [4.78, 5) is 24.1. The molecule has 1 aromatic heterocycles. The number of fused-ring (bicyclic) bond motifs is 1. The van der Waals surface area contributed by atoms with Crippen LogP contribution in [0.3, 0.4) is 0 Å². The van der Waals surface area contributed by atoms with E-state index in [1.54, 1.807) is 36.4 Å². The second-order valence-corrected chi connectivity index (χ2v) is 5.68. The maximum absolute atomic E-state index is 12.5. The average Bonchev–Trinajstić information content (AvgIpc) is 2.55. The predicted octanol–water partition coefficient (Wildman–Crippen LogP) is 3.32. The monoisotopic (exact) mass is 324 g/mol. The van der Waals surface area contributed by atoms with Crippen molar-refractivity contribution in [2.75, 3.05) is 0 Å². The Morgan fingerprint density at radius 1 is 1.08 bits per heavy atom. The lowest BCUT2D eigenvalue weighted by atomic mass is 9.87. The summed E-state index contributed by atoms with van der Waals surface area (Å²) in [6.45, 7) is 1.43. The van der Waals surface area contributed by atoms with Crippen molar-refractivity contribution in [3.63, 3.8) is 0 Å². The lowest BCUT2D eigenvalue weighted by molar-refractivity contribution is -0.117. The van der Waals surface area contributed by atoms with Crippen LogP contribution >= 0.6 is 0 Å². The Morgan fingerprint density at radius 2 is 1.79 bits per heavy atom. The van der Waals surface area contributed by atoms with E-state index in [-0.39, 0.29) is 40.2 Å². The van der Waals surface area contributed by atoms with E-state index in [0.717, 1.165) is 5.56 Å². The van der Waals surface area contributed by atoms with E-state index >= 15 is 0 Å². The van der Waals surface area contributed by atoms with Crippen LogP contribution in [0.15, 0.2) is 57.7 Å². The van der Waals surface area contributed by atoms with E-state index in [0.29, 0.717) is 0 Å². The predicted molar refractivity (Wildman–Crippen MR) is 89.4 cm³/mol. The lowest BCUT2D eigenvalue weighted by Gasteiger charge is -2.17. The fourth-order valence-corrected chi connectivity index (χ4v) is 2.87. The normalized spacial score (nSPS) is 12.2. The molecule has 5 heteroatoms. The van der Waals surface area contributed by atoms with E-state index in [2.05, 4.69) is 0 Å². The Hall–Kier alpha value is -3.08. The fraction of sp³-hybridized carbons (Fsp3) is 0.158. The molecule has 5 nitrogen and oxygen atoms in total. The summed E-state index contributed by atoms with van der Waals surface area (Å²) >= 11 is 0. The van der Waals surface area contributed by atoms with Crippen LogP contribution in [0.1, 0.15) is 30.4 Å². The van der Waals surface area contributed by atoms with Crippen LogP contribution in [0.2, 0.25) is 0 Å². The van der Waals surface area contributed by atoms with Gasteiger partial charge in [0.2, 0.25) is 0 Å². The first-order valence-electron chi connectivity index (χ1n) is 7.51. The molecule has 1 unspecified atom stereocenters. The van der Waals surface area contributed by atoms with Gasteiger partial charge in [0.25, 0.3) is 0 Å². The van der Waals surface area contributed by atoms with Crippen molar-refractivity contribution in [2.45, 2.75) is 19.3 Å². The Balaban J connectivity index is 2.29. The van der Waals surface area contributed by atoms with Crippen molar-refractivity contribution in [1.82, 2.24) is 0 Å². The highest BCUT2D eigenvalue weighted by molar-refractivity contribution is 5.89. The molecule has 1 atom stereocenters. The molecular weight excluding hydrogens is 308 g/mol. The number of benzene rings is 2. The molecule has 3 rings (SSSR count). The molecular formula is C19H16O5. The van der Waals surface area contributed by atoms with Crippen molar-refractivity contribution < 1.29 is 19.4 Å². The zero-order chi connectivity index (χ0) is 17.3. The number of carbonyl (C=O) groups is 1. The number of carbonyl (C=O) groups excluding carboxylic acids is 1. The maximum atomic E-state index is 12.5. The molecule has 1 heterocycles. The molecule has 122 valence electrons. The lowest BCUT2D eigenvalue weighted by Crippen LogP contribution is -2.16. The van der Waals surface area contributed by atoms with Gasteiger partial charge in [-0.25, -0.2) is 4.79 Å². The highest BCUT2D eigenvalue weighted by Gasteiger charge is 2.26. The van der Waals surface area contributed by atoms with Gasteiger partial charge in [-0.3, -0.25) is 4.79 Å². The molecule has 0 saturated heterocycles. The van der Waals surface area contributed by atoms with Gasteiger partial charge in [0.15, 0.2) is 11.3 Å². The summed E-state index contributed by atoms with van der Waals surface area (Å²) in [5.74, 6) is -1.23. The van der Waals surface area contributed by atoms with E-state index < -0.39 is 11.5 Å². The topological polar surface area (TPSA) is 87.7 Å². The van der Waals surface area contributed by atoms with Crippen molar-refractivity contribution in [3.8, 4) is 11.5 Å². The Morgan fingerprint density at radius 3 is 2.46 bits per heavy atom. The highest BCUT2D eigenvalue weighted by Crippen LogP contribution is 2.38. The average molecular weight is 324 g/mol. The van der Waals surface area contributed by atoms with Gasteiger partial charge in [-0.15, -0.1) is 0 Å². The van der Waals surface area contributed by atoms with Gasteiger partial charge in [-0.1, -0.05) is 36.4 Å². The summed E-state index contributed by atoms with van der Waals surface area (Å²) in [7, 11) is 0. The second kappa shape index (κ2) is 6.20. The van der Waals surface area contributed by atoms with Crippen LogP contribution in [0.4, 0.5) is 0 Å². The number of para-hydroxylation sites is 1. The molecule has 0 radical (unpaired) electrons. The molecule has 0 bridgehead atoms. The van der Waals surface area contributed by atoms with Gasteiger partial charge < -0.3 is 14.6 Å². The van der Waals surface area contributed by atoms with Crippen LogP contribution in [-0.2, 0) is 4.79 Å². The van der Waals surface area contributed by atoms with Gasteiger partial charge in [0, 0.05) is 12.3 Å². The molecule has 0 fully saturated rings. The summed E-state index contributed by atoms with van der Waals surface area (Å²) in [5.41, 5.74) is -0.0840. The standard InChI is InChI=1S/C19H16O5/c1-11(20)10-14(12-6-3-2-4-7-12)16-17(22)13-8-5-9-15(21)18(13)24-19(16)23/h2-9,14,21-22H,10H2,1H3. The zero-order valence-corrected chi connectivity index (χ0v) is 13.0. The Kier molecular flexibility index (Phi) is 4.08. The molecule has 0 aliphatic rings. The smallest absolute Gasteiger partial charge is 0.343 e. The van der Waals surface area contributed by atoms with E-state index in [4.69, 9.17) is 4.42 Å². The van der Waals surface area contributed by atoms with Crippen LogP contribution in [0.5, 0.6) is 11.5 Å². The van der Waals surface area contributed by atoms with Crippen molar-refractivity contribution in [2.24, 2.45) is 0 Å². The quantitative estimate of drug-likeness (QED) is 0.719. The summed E-state index contributed by atoms with van der Waals surface area (Å²) < 4.78 is 5.21. The van der Waals surface area contributed by atoms with Crippen LogP contribution in [-0.4, -0.2) is 16.0 Å². The van der Waals surface area contributed by atoms with Crippen LogP contribution in [0, 0.1) is 0 Å². The summed E-state index contributed by atoms with van der Waals surface area (Å²) in [6.07, 6.45) is 0.0622. The van der Waals surface area contributed by atoms with Crippen LogP contribution < -0.4 is 5.63 Å². The van der Waals surface area contributed by atoms with Gasteiger partial charge in [0.05, 0.1) is 10.9 Å². The third kappa shape index (κ3) is 2.76. The number of ketones is 1. The Labute approximate surface area is 137 Å². The number of aromatic hydroxyl groups is 2. The highest BCUT2D eigenvalue weighted by atomic mass is 16.4.